The van der Waals surface area contributed by atoms with Crippen LogP contribution in [0.3, 0.4) is 0 Å². The van der Waals surface area contributed by atoms with Crippen LogP contribution in [0.5, 0.6) is 5.75 Å². The van der Waals surface area contributed by atoms with Gasteiger partial charge in [0.05, 0.1) is 6.61 Å². The molecule has 0 heterocycles. The molecule has 0 aliphatic rings. The summed E-state index contributed by atoms with van der Waals surface area (Å²) >= 11 is 1.70. The van der Waals surface area contributed by atoms with Crippen LogP contribution in [-0.4, -0.2) is 27.0 Å². The molecule has 2 N–H and O–H groups in total. The predicted molar refractivity (Wildman–Crippen MR) is 132 cm³/mol. The van der Waals surface area contributed by atoms with Crippen LogP contribution in [0.1, 0.15) is 31.9 Å². The molecule has 0 aliphatic heterocycles. The first-order valence-electron chi connectivity index (χ1n) is 9.74. The molecule has 7 nitrogen and oxygen atoms in total. The molecule has 0 spiro atoms. The van der Waals surface area contributed by atoms with Crippen LogP contribution in [0.15, 0.2) is 47.9 Å². The van der Waals surface area contributed by atoms with Gasteiger partial charge in [-0.15, -0.1) is 0 Å². The third-order valence-corrected chi connectivity index (χ3v) is 6.48. The fourth-order valence-electron chi connectivity index (χ4n) is 2.87. The van der Waals surface area contributed by atoms with Crippen molar-refractivity contribution in [3.8, 4) is 5.75 Å². The lowest BCUT2D eigenvalue weighted by Crippen LogP contribution is -2.32. The zero-order valence-corrected chi connectivity index (χ0v) is 20.9. The maximum Gasteiger partial charge on any atom is 0.265 e. The van der Waals surface area contributed by atoms with Gasteiger partial charge in [-0.05, 0) is 55.2 Å². The van der Waals surface area contributed by atoms with Gasteiger partial charge in [0, 0.05) is 17.4 Å². The van der Waals surface area contributed by atoms with Crippen LogP contribution >= 0.6 is 23.0 Å². The number of carbonyl (C=O) groups excluding carboxylic acids is 1. The monoisotopic (exact) mass is 558 g/mol. The second-order valence-electron chi connectivity index (χ2n) is 7.22. The number of ether oxygens (including phenoxy) is 1. The highest BCUT2D eigenvalue weighted by Crippen LogP contribution is 2.30. The van der Waals surface area contributed by atoms with Gasteiger partial charge in [0.1, 0.15) is 33.7 Å². The molecule has 0 bridgehead atoms. The van der Waals surface area contributed by atoms with Gasteiger partial charge >= 0.3 is 0 Å². The van der Waals surface area contributed by atoms with Crippen molar-refractivity contribution in [3.05, 3.63) is 54.1 Å². The number of benzene rings is 2. The number of carbonyl (C=O) groups is 1. The second-order valence-corrected chi connectivity index (χ2v) is 9.38. The molecule has 31 heavy (non-hydrogen) atoms. The quantitative estimate of drug-likeness (QED) is 0.393. The van der Waals surface area contributed by atoms with Crippen molar-refractivity contribution < 1.29 is 21.0 Å². The molecule has 0 aromatic heterocycles. The van der Waals surface area contributed by atoms with Crippen LogP contribution in [0.25, 0.3) is 6.08 Å². The number of aryl methyl sites for hydroxylation is 1. The highest BCUT2D eigenvalue weighted by Gasteiger charge is 2.24. The van der Waals surface area contributed by atoms with Crippen molar-refractivity contribution >= 4 is 56.4 Å². The standard InChI is InChI=1S/C22H27IN2O5S/c1-6-16-12-18(9-8-15(16)5)25-31(27,28)20-11-10-17(13-19(20)29-7-2)24-22(26)21(30-23)14(3)4/h6,8-14,21,25H,1,7H2,2-5H3,(H,24,26)/t21-/m0/s1. The van der Waals surface area contributed by atoms with E-state index in [9.17, 15) is 13.2 Å². The molecule has 2 aromatic carbocycles. The summed E-state index contributed by atoms with van der Waals surface area (Å²) in [5, 5.41) is 2.75. The Morgan fingerprint density at radius 1 is 1.19 bits per heavy atom. The molecular weight excluding hydrogens is 531 g/mol. The smallest absolute Gasteiger partial charge is 0.265 e. The van der Waals surface area contributed by atoms with Gasteiger partial charge in [-0.25, -0.2) is 8.42 Å². The van der Waals surface area contributed by atoms with E-state index in [-0.39, 0.29) is 29.1 Å². The molecule has 0 unspecified atom stereocenters. The minimum absolute atomic E-state index is 0.0259. The molecule has 0 radical (unpaired) electrons. The molecule has 0 saturated carbocycles. The summed E-state index contributed by atoms with van der Waals surface area (Å²) < 4.78 is 39.4. The first-order chi connectivity index (χ1) is 14.6. The lowest BCUT2D eigenvalue weighted by atomic mass is 10.1. The number of halogens is 1. The van der Waals surface area contributed by atoms with E-state index in [0.29, 0.717) is 11.4 Å². The number of anilines is 2. The van der Waals surface area contributed by atoms with E-state index in [0.717, 1.165) is 11.1 Å². The number of rotatable bonds is 10. The maximum atomic E-state index is 13.0. The number of amides is 1. The van der Waals surface area contributed by atoms with Gasteiger partial charge < -0.3 is 13.1 Å². The van der Waals surface area contributed by atoms with Gasteiger partial charge in [0.25, 0.3) is 15.9 Å². The Kier molecular flexibility index (Phi) is 8.90. The van der Waals surface area contributed by atoms with Crippen molar-refractivity contribution in [3.63, 3.8) is 0 Å². The van der Waals surface area contributed by atoms with E-state index in [4.69, 9.17) is 7.80 Å². The van der Waals surface area contributed by atoms with Crippen LogP contribution in [0, 0.1) is 12.8 Å². The topological polar surface area (TPSA) is 93.7 Å². The molecule has 168 valence electrons. The zero-order valence-electron chi connectivity index (χ0n) is 17.9. The minimum atomic E-state index is -3.93. The first-order valence-corrected chi connectivity index (χ1v) is 12.1. The van der Waals surface area contributed by atoms with Crippen LogP contribution in [0.2, 0.25) is 0 Å². The van der Waals surface area contributed by atoms with E-state index in [1.54, 1.807) is 48.1 Å². The summed E-state index contributed by atoms with van der Waals surface area (Å²) in [4.78, 5) is 12.4. The molecule has 2 rings (SSSR count). The molecule has 9 heteroatoms. The summed E-state index contributed by atoms with van der Waals surface area (Å²) in [6, 6.07) is 9.63. The molecule has 0 aliphatic carbocycles. The number of hydrogen-bond donors (Lipinski definition) is 2. The Morgan fingerprint density at radius 3 is 2.45 bits per heavy atom. The lowest BCUT2D eigenvalue weighted by molar-refractivity contribution is -0.123. The summed E-state index contributed by atoms with van der Waals surface area (Å²) in [6.45, 7) is 11.4. The molecule has 2 aromatic rings. The molecule has 0 saturated heterocycles. The SMILES string of the molecule is C=Cc1cc(NS(=O)(=O)c2ccc(NC(=O)[C@@H](OI)C(C)C)cc2OCC)ccc1C. The van der Waals surface area contributed by atoms with Gasteiger partial charge in [0.15, 0.2) is 6.10 Å². The van der Waals surface area contributed by atoms with E-state index < -0.39 is 16.1 Å². The third-order valence-electron chi connectivity index (χ3n) is 4.51. The Balaban J connectivity index is 2.35. The Bertz CT molecular complexity index is 1050. The van der Waals surface area contributed by atoms with Crippen LogP contribution in [-0.2, 0) is 17.9 Å². The van der Waals surface area contributed by atoms with E-state index in [2.05, 4.69) is 16.6 Å². The fourth-order valence-corrected chi connectivity index (χ4v) is 4.86. The van der Waals surface area contributed by atoms with Gasteiger partial charge in [0.2, 0.25) is 0 Å². The van der Waals surface area contributed by atoms with Crippen LogP contribution < -0.4 is 14.8 Å². The van der Waals surface area contributed by atoms with Gasteiger partial charge in [-0.1, -0.05) is 32.6 Å². The summed E-state index contributed by atoms with van der Waals surface area (Å²) in [6.07, 6.45) is 1.03. The largest absolute Gasteiger partial charge is 0.492 e. The highest BCUT2D eigenvalue weighted by molar-refractivity contribution is 14.1. The lowest BCUT2D eigenvalue weighted by Gasteiger charge is -2.18. The van der Waals surface area contributed by atoms with Gasteiger partial charge in [-0.2, -0.15) is 0 Å². The molecule has 0 fully saturated rings. The normalized spacial score (nSPS) is 12.3. The van der Waals surface area contributed by atoms with Crippen molar-refractivity contribution in [2.45, 2.75) is 38.7 Å². The van der Waals surface area contributed by atoms with E-state index >= 15 is 0 Å². The molecular formula is C22H27IN2O5S. The van der Waals surface area contributed by atoms with Crippen molar-refractivity contribution in [1.29, 1.82) is 0 Å². The van der Waals surface area contributed by atoms with Gasteiger partial charge in [-0.3, -0.25) is 9.52 Å². The Hall–Kier alpha value is -2.11. The van der Waals surface area contributed by atoms with Crippen LogP contribution in [0.4, 0.5) is 11.4 Å². The predicted octanol–water partition coefficient (Wildman–Crippen LogP) is 5.17. The fraction of sp³-hybridized carbons (Fsp3) is 0.318. The van der Waals surface area contributed by atoms with Crippen molar-refractivity contribution in [2.75, 3.05) is 16.6 Å². The summed E-state index contributed by atoms with van der Waals surface area (Å²) in [5.41, 5.74) is 2.65. The van der Waals surface area contributed by atoms with Crippen molar-refractivity contribution in [1.82, 2.24) is 0 Å². The van der Waals surface area contributed by atoms with E-state index in [1.807, 2.05) is 26.8 Å². The molecule has 1 atom stereocenters. The second kappa shape index (κ2) is 11.0. The highest BCUT2D eigenvalue weighted by atomic mass is 127. The number of nitrogens with one attached hydrogen (secondary N) is 2. The average molecular weight is 558 g/mol. The number of sulfonamides is 1. The van der Waals surface area contributed by atoms with Crippen molar-refractivity contribution in [2.24, 2.45) is 5.92 Å². The summed E-state index contributed by atoms with van der Waals surface area (Å²) in [7, 11) is -3.93. The maximum absolute atomic E-state index is 13.0. The average Bonchev–Trinajstić information content (AvgIpc) is 2.69. The molecule has 1 amide bonds. The zero-order chi connectivity index (χ0) is 23.2. The Morgan fingerprint density at radius 2 is 1.87 bits per heavy atom. The minimum Gasteiger partial charge on any atom is -0.492 e. The third kappa shape index (κ3) is 6.44. The van der Waals surface area contributed by atoms with E-state index in [1.165, 1.54) is 18.2 Å². The summed E-state index contributed by atoms with van der Waals surface area (Å²) in [5.74, 6) is -0.209. The first kappa shape index (κ1) is 25.2. The Labute approximate surface area is 198 Å². The number of hydrogen-bond acceptors (Lipinski definition) is 5.